The van der Waals surface area contributed by atoms with Gasteiger partial charge in [-0.3, -0.25) is 9.78 Å². The number of phenolic OH excluding ortho intramolecular Hbond substituents is 1. The SMILES string of the molecule is Cc1ccncc1CNC(=O)c1ccc(N)c(O)c1. The molecular formula is C14H15N3O2. The number of nitrogen functional groups attached to an aromatic ring is 1. The lowest BCUT2D eigenvalue weighted by molar-refractivity contribution is 0.0950. The standard InChI is InChI=1S/C14H15N3O2/c1-9-4-5-16-7-11(9)8-17-14(19)10-2-3-12(15)13(18)6-10/h2-7,18H,8,15H2,1H3,(H,17,19). The quantitative estimate of drug-likeness (QED) is 0.575. The molecule has 4 N–H and O–H groups in total. The summed E-state index contributed by atoms with van der Waals surface area (Å²) in [7, 11) is 0. The van der Waals surface area contributed by atoms with Crippen molar-refractivity contribution >= 4 is 11.6 Å². The highest BCUT2D eigenvalue weighted by Gasteiger charge is 2.08. The van der Waals surface area contributed by atoms with Crippen LogP contribution in [0, 0.1) is 6.92 Å². The predicted octanol–water partition coefficient (Wildman–Crippen LogP) is 1.61. The van der Waals surface area contributed by atoms with Crippen molar-refractivity contribution in [2.45, 2.75) is 13.5 Å². The van der Waals surface area contributed by atoms with E-state index in [0.29, 0.717) is 12.1 Å². The average Bonchev–Trinajstić information content (AvgIpc) is 2.40. The van der Waals surface area contributed by atoms with E-state index in [1.54, 1.807) is 18.5 Å². The van der Waals surface area contributed by atoms with Crippen molar-refractivity contribution in [3.05, 3.63) is 53.3 Å². The summed E-state index contributed by atoms with van der Waals surface area (Å²) in [5.41, 5.74) is 8.12. The van der Waals surface area contributed by atoms with E-state index in [0.717, 1.165) is 11.1 Å². The summed E-state index contributed by atoms with van der Waals surface area (Å²) in [6.45, 7) is 2.35. The molecule has 0 aliphatic heterocycles. The molecular weight excluding hydrogens is 242 g/mol. The highest BCUT2D eigenvalue weighted by molar-refractivity contribution is 5.95. The van der Waals surface area contributed by atoms with Crippen molar-refractivity contribution in [3.8, 4) is 5.75 Å². The van der Waals surface area contributed by atoms with Crippen LogP contribution in [0.1, 0.15) is 21.5 Å². The molecule has 0 radical (unpaired) electrons. The number of rotatable bonds is 3. The number of pyridine rings is 1. The largest absolute Gasteiger partial charge is 0.506 e. The van der Waals surface area contributed by atoms with Crippen molar-refractivity contribution in [2.75, 3.05) is 5.73 Å². The van der Waals surface area contributed by atoms with Crippen LogP contribution in [0.5, 0.6) is 5.75 Å². The molecule has 5 heteroatoms. The van der Waals surface area contributed by atoms with Crippen LogP contribution in [0.25, 0.3) is 0 Å². The number of aryl methyl sites for hydroxylation is 1. The van der Waals surface area contributed by atoms with Crippen LogP contribution in [0.15, 0.2) is 36.7 Å². The highest BCUT2D eigenvalue weighted by atomic mass is 16.3. The number of aromatic hydroxyl groups is 1. The number of hydrogen-bond donors (Lipinski definition) is 3. The Labute approximate surface area is 111 Å². The lowest BCUT2D eigenvalue weighted by Crippen LogP contribution is -2.23. The zero-order valence-electron chi connectivity index (χ0n) is 10.6. The van der Waals surface area contributed by atoms with Gasteiger partial charge in [0.1, 0.15) is 5.75 Å². The zero-order valence-corrected chi connectivity index (χ0v) is 10.6. The van der Waals surface area contributed by atoms with Crippen molar-refractivity contribution in [1.82, 2.24) is 10.3 Å². The number of anilines is 1. The molecule has 0 aliphatic carbocycles. The van der Waals surface area contributed by atoms with Gasteiger partial charge in [-0.25, -0.2) is 0 Å². The molecule has 0 saturated carbocycles. The number of nitrogens with one attached hydrogen (secondary N) is 1. The first-order chi connectivity index (χ1) is 9.08. The molecule has 2 rings (SSSR count). The Morgan fingerprint density at radius 3 is 2.89 bits per heavy atom. The molecule has 0 saturated heterocycles. The van der Waals surface area contributed by atoms with Crippen molar-refractivity contribution in [3.63, 3.8) is 0 Å². The second kappa shape index (κ2) is 5.39. The summed E-state index contributed by atoms with van der Waals surface area (Å²) < 4.78 is 0. The second-order valence-corrected chi connectivity index (χ2v) is 4.26. The summed E-state index contributed by atoms with van der Waals surface area (Å²) in [6, 6.07) is 6.30. The Morgan fingerprint density at radius 1 is 1.42 bits per heavy atom. The van der Waals surface area contributed by atoms with Gasteiger partial charge in [0.25, 0.3) is 5.91 Å². The zero-order chi connectivity index (χ0) is 13.8. The van der Waals surface area contributed by atoms with Gasteiger partial charge in [0, 0.05) is 24.5 Å². The van der Waals surface area contributed by atoms with Gasteiger partial charge in [-0.1, -0.05) is 0 Å². The van der Waals surface area contributed by atoms with Gasteiger partial charge < -0.3 is 16.2 Å². The number of phenols is 1. The number of benzene rings is 1. The minimum Gasteiger partial charge on any atom is -0.506 e. The fourth-order valence-corrected chi connectivity index (χ4v) is 1.64. The van der Waals surface area contributed by atoms with E-state index in [1.165, 1.54) is 12.1 Å². The first-order valence-electron chi connectivity index (χ1n) is 5.84. The van der Waals surface area contributed by atoms with E-state index in [2.05, 4.69) is 10.3 Å². The summed E-state index contributed by atoms with van der Waals surface area (Å²) in [5, 5.41) is 12.2. The molecule has 0 atom stereocenters. The van der Waals surface area contributed by atoms with E-state index in [-0.39, 0.29) is 17.3 Å². The van der Waals surface area contributed by atoms with E-state index in [1.807, 2.05) is 13.0 Å². The minimum absolute atomic E-state index is 0.0924. The van der Waals surface area contributed by atoms with E-state index >= 15 is 0 Å². The van der Waals surface area contributed by atoms with Crippen molar-refractivity contribution in [1.29, 1.82) is 0 Å². The summed E-state index contributed by atoms with van der Waals surface area (Å²) in [6.07, 6.45) is 3.43. The summed E-state index contributed by atoms with van der Waals surface area (Å²) in [4.78, 5) is 15.9. The van der Waals surface area contributed by atoms with Gasteiger partial charge in [0.15, 0.2) is 0 Å². The van der Waals surface area contributed by atoms with Gasteiger partial charge in [0.05, 0.1) is 5.69 Å². The van der Waals surface area contributed by atoms with Gasteiger partial charge >= 0.3 is 0 Å². The van der Waals surface area contributed by atoms with E-state index in [9.17, 15) is 9.90 Å². The molecule has 1 aromatic carbocycles. The Morgan fingerprint density at radius 2 is 2.21 bits per heavy atom. The Kier molecular flexibility index (Phi) is 3.66. The maximum atomic E-state index is 11.9. The number of amides is 1. The molecule has 0 fully saturated rings. The number of aromatic nitrogens is 1. The third-order valence-electron chi connectivity index (χ3n) is 2.88. The third kappa shape index (κ3) is 3.01. The fourth-order valence-electron chi connectivity index (χ4n) is 1.64. The van der Waals surface area contributed by atoms with Crippen LogP contribution in [-0.4, -0.2) is 16.0 Å². The number of carbonyl (C=O) groups excluding carboxylic acids is 1. The molecule has 2 aromatic rings. The van der Waals surface area contributed by atoms with Crippen LogP contribution in [0.4, 0.5) is 5.69 Å². The van der Waals surface area contributed by atoms with Crippen LogP contribution in [-0.2, 0) is 6.54 Å². The molecule has 1 aromatic heterocycles. The predicted molar refractivity (Wildman–Crippen MR) is 72.7 cm³/mol. The van der Waals surface area contributed by atoms with Gasteiger partial charge in [-0.05, 0) is 42.3 Å². The van der Waals surface area contributed by atoms with Gasteiger partial charge in [-0.2, -0.15) is 0 Å². The smallest absolute Gasteiger partial charge is 0.251 e. The van der Waals surface area contributed by atoms with Crippen molar-refractivity contribution in [2.24, 2.45) is 0 Å². The number of nitrogens with zero attached hydrogens (tertiary/aromatic N) is 1. The number of carbonyl (C=O) groups is 1. The number of nitrogens with two attached hydrogens (primary N) is 1. The first-order valence-corrected chi connectivity index (χ1v) is 5.84. The maximum absolute atomic E-state index is 11.9. The van der Waals surface area contributed by atoms with Crippen molar-refractivity contribution < 1.29 is 9.90 Å². The second-order valence-electron chi connectivity index (χ2n) is 4.26. The summed E-state index contributed by atoms with van der Waals surface area (Å²) >= 11 is 0. The molecule has 98 valence electrons. The maximum Gasteiger partial charge on any atom is 0.251 e. The molecule has 0 spiro atoms. The van der Waals surface area contributed by atoms with E-state index in [4.69, 9.17) is 5.73 Å². The fraction of sp³-hybridized carbons (Fsp3) is 0.143. The topological polar surface area (TPSA) is 88.2 Å². The van der Waals surface area contributed by atoms with Crippen LogP contribution < -0.4 is 11.1 Å². The average molecular weight is 257 g/mol. The molecule has 1 amide bonds. The monoisotopic (exact) mass is 257 g/mol. The van der Waals surface area contributed by atoms with Gasteiger partial charge in [-0.15, -0.1) is 0 Å². The summed E-state index contributed by atoms with van der Waals surface area (Å²) in [5.74, 6) is -0.358. The first kappa shape index (κ1) is 12.9. The van der Waals surface area contributed by atoms with Crippen LogP contribution >= 0.6 is 0 Å². The van der Waals surface area contributed by atoms with Gasteiger partial charge in [0.2, 0.25) is 0 Å². The molecule has 0 bridgehead atoms. The molecule has 0 unspecified atom stereocenters. The molecule has 19 heavy (non-hydrogen) atoms. The molecule has 5 nitrogen and oxygen atoms in total. The highest BCUT2D eigenvalue weighted by Crippen LogP contribution is 2.20. The number of hydrogen-bond acceptors (Lipinski definition) is 4. The van der Waals surface area contributed by atoms with Crippen LogP contribution in [0.2, 0.25) is 0 Å². The molecule has 0 aliphatic rings. The Hall–Kier alpha value is -2.56. The minimum atomic E-state index is -0.265. The Bertz CT molecular complexity index is 611. The lowest BCUT2D eigenvalue weighted by atomic mass is 10.1. The Balaban J connectivity index is 2.05. The normalized spacial score (nSPS) is 10.2. The van der Waals surface area contributed by atoms with Crippen LogP contribution in [0.3, 0.4) is 0 Å². The lowest BCUT2D eigenvalue weighted by Gasteiger charge is -2.08. The third-order valence-corrected chi connectivity index (χ3v) is 2.88. The molecule has 1 heterocycles. The van der Waals surface area contributed by atoms with E-state index < -0.39 is 0 Å².